The maximum Gasteiger partial charge on any atom is 0.410 e. The molecule has 3 atom stereocenters. The van der Waals surface area contributed by atoms with E-state index in [-0.39, 0.29) is 16.8 Å². The zero-order chi connectivity index (χ0) is 31.2. The van der Waals surface area contributed by atoms with Gasteiger partial charge in [0.25, 0.3) is 0 Å². The van der Waals surface area contributed by atoms with Crippen molar-refractivity contribution in [1.82, 2.24) is 14.2 Å². The number of methoxy groups -OCH3 is 1. The fraction of sp³-hybridized carbons (Fsp3) is 0.485. The van der Waals surface area contributed by atoms with Crippen LogP contribution in [0.3, 0.4) is 0 Å². The van der Waals surface area contributed by atoms with Crippen molar-refractivity contribution in [2.24, 2.45) is 5.41 Å². The van der Waals surface area contributed by atoms with Gasteiger partial charge in [0.15, 0.2) is 0 Å². The van der Waals surface area contributed by atoms with Gasteiger partial charge in [0.2, 0.25) is 0 Å². The van der Waals surface area contributed by atoms with Crippen LogP contribution in [0.15, 0.2) is 48.5 Å². The lowest BCUT2D eigenvalue weighted by Crippen LogP contribution is -2.36. The molecule has 2 aliphatic rings. The minimum absolute atomic E-state index is 0.0131. The molecule has 0 radical (unpaired) electrons. The van der Waals surface area contributed by atoms with Gasteiger partial charge in [0.05, 0.1) is 24.9 Å². The Balaban J connectivity index is 1.36. The largest absolute Gasteiger partial charge is 0.497 e. The molecule has 0 bridgehead atoms. The highest BCUT2D eigenvalue weighted by Gasteiger charge is 2.52. The minimum Gasteiger partial charge on any atom is -0.497 e. The van der Waals surface area contributed by atoms with E-state index >= 15 is 0 Å². The summed E-state index contributed by atoms with van der Waals surface area (Å²) in [4.78, 5) is 21.2. The van der Waals surface area contributed by atoms with E-state index in [1.807, 2.05) is 68.5 Å². The quantitative estimate of drug-likeness (QED) is 0.336. The lowest BCUT2D eigenvalue weighted by Gasteiger charge is -2.29. The van der Waals surface area contributed by atoms with E-state index in [1.165, 1.54) is 4.90 Å². The Morgan fingerprint density at radius 3 is 2.47 bits per heavy atom. The minimum atomic E-state index is -2.29. The van der Waals surface area contributed by atoms with Gasteiger partial charge in [-0.15, -0.1) is 0 Å². The Hall–Kier alpha value is -3.50. The van der Waals surface area contributed by atoms with Crippen LogP contribution in [0, 0.1) is 5.41 Å². The number of carbonyl (C=O) groups excluding carboxylic acids is 1. The molecule has 1 spiro atoms. The van der Waals surface area contributed by atoms with Crippen LogP contribution in [-0.4, -0.2) is 95.2 Å². The first kappa shape index (κ1) is 30.9. The maximum absolute atomic E-state index is 13.3. The van der Waals surface area contributed by atoms with Crippen LogP contribution in [0.5, 0.6) is 11.5 Å². The average molecular weight is 609 g/mol. The first-order chi connectivity index (χ1) is 20.2. The van der Waals surface area contributed by atoms with Gasteiger partial charge in [-0.05, 0) is 89.5 Å². The van der Waals surface area contributed by atoms with Crippen molar-refractivity contribution in [3.05, 3.63) is 48.5 Å². The van der Waals surface area contributed by atoms with Crippen LogP contribution in [0.25, 0.3) is 22.2 Å². The molecule has 0 aliphatic carbocycles. The third-order valence-electron chi connectivity index (χ3n) is 8.75. The number of aromatic nitrogens is 1. The number of nitrogens with zero attached hydrogens (tertiary/aromatic N) is 4. The van der Waals surface area contributed by atoms with Gasteiger partial charge >= 0.3 is 6.09 Å². The van der Waals surface area contributed by atoms with Crippen LogP contribution in [0.2, 0.25) is 0 Å². The van der Waals surface area contributed by atoms with Crippen LogP contribution in [0.1, 0.15) is 34.1 Å². The smallest absolute Gasteiger partial charge is 0.410 e. The molecule has 0 saturated carbocycles. The summed E-state index contributed by atoms with van der Waals surface area (Å²) in [6.45, 7) is 10.9. The standard InChI is InChI=1S/C33H44N4O5S/c1-23-33(21-36(6)43(23,8)39)15-16-37(22-33)30-20-28(34-29-19-26(40-7)13-14-27(29)30)24-9-11-25(12-10-24)41-18-17-35(5)31(38)42-32(2,3)4/h9-14,19-20,23H,8,15-18,21-22H2,1-7H3. The predicted molar refractivity (Wildman–Crippen MR) is 175 cm³/mol. The SMILES string of the molecule is C=S1(=O)C(C)C2(CCN(c3cc(-c4ccc(OCCN(C)C(=O)OC(C)(C)C)cc4)nc4cc(OC)ccc34)C2)CN1C. The summed E-state index contributed by atoms with van der Waals surface area (Å²) in [6, 6.07) is 16.0. The zero-order valence-electron chi connectivity index (χ0n) is 26.4. The van der Waals surface area contributed by atoms with Crippen LogP contribution < -0.4 is 14.4 Å². The molecule has 9 nitrogen and oxygen atoms in total. The molecule has 2 saturated heterocycles. The van der Waals surface area contributed by atoms with Gasteiger partial charge in [-0.1, -0.05) is 0 Å². The van der Waals surface area contributed by atoms with Gasteiger partial charge in [-0.25, -0.2) is 14.1 Å². The lowest BCUT2D eigenvalue weighted by atomic mass is 9.84. The van der Waals surface area contributed by atoms with Crippen LogP contribution >= 0.6 is 0 Å². The van der Waals surface area contributed by atoms with Crippen molar-refractivity contribution < 1.29 is 23.2 Å². The third-order valence-corrected chi connectivity index (χ3v) is 11.5. The number of fused-ring (bicyclic) bond motifs is 1. The van der Waals surface area contributed by atoms with Crippen LogP contribution in [0.4, 0.5) is 10.5 Å². The first-order valence-corrected chi connectivity index (χ1v) is 16.5. The number of rotatable bonds is 7. The fourth-order valence-corrected chi connectivity index (χ4v) is 8.15. The number of ether oxygens (including phenoxy) is 3. The van der Waals surface area contributed by atoms with Gasteiger partial charge in [-0.3, -0.25) is 4.21 Å². The fourth-order valence-electron chi connectivity index (χ4n) is 6.08. The normalized spacial score (nSPS) is 24.1. The molecular formula is C33H44N4O5S. The van der Waals surface area contributed by atoms with E-state index in [0.29, 0.717) is 18.9 Å². The zero-order valence-corrected chi connectivity index (χ0v) is 27.2. The second-order valence-electron chi connectivity index (χ2n) is 12.8. The highest BCUT2D eigenvalue weighted by Crippen LogP contribution is 2.46. The predicted octanol–water partition coefficient (Wildman–Crippen LogP) is 5.32. The Bertz CT molecular complexity index is 1600. The molecule has 0 N–H and O–H groups in total. The molecule has 3 aromatic rings. The van der Waals surface area contributed by atoms with E-state index in [4.69, 9.17) is 19.2 Å². The van der Waals surface area contributed by atoms with E-state index in [2.05, 4.69) is 29.8 Å². The summed E-state index contributed by atoms with van der Waals surface area (Å²) < 4.78 is 32.1. The molecule has 43 heavy (non-hydrogen) atoms. The lowest BCUT2D eigenvalue weighted by molar-refractivity contribution is 0.0278. The van der Waals surface area contributed by atoms with Gasteiger partial charge in [0, 0.05) is 69.8 Å². The Labute approximate surface area is 255 Å². The molecule has 2 aromatic carbocycles. The van der Waals surface area contributed by atoms with Gasteiger partial charge < -0.3 is 24.0 Å². The summed E-state index contributed by atoms with van der Waals surface area (Å²) in [7, 11) is 3.00. The third kappa shape index (κ3) is 6.26. The number of hydrogen-bond acceptors (Lipinski definition) is 7. The number of benzene rings is 2. The van der Waals surface area contributed by atoms with Crippen LogP contribution in [-0.2, 0) is 14.4 Å². The van der Waals surface area contributed by atoms with Gasteiger partial charge in [0.1, 0.15) is 23.7 Å². The molecule has 2 aliphatic heterocycles. The molecule has 3 heterocycles. The summed E-state index contributed by atoms with van der Waals surface area (Å²) in [5.41, 5.74) is 3.19. The Kier molecular flexibility index (Phi) is 8.30. The van der Waals surface area contributed by atoms with E-state index < -0.39 is 15.3 Å². The molecule has 2 fully saturated rings. The maximum atomic E-state index is 13.3. The number of anilines is 1. The molecule has 1 amide bonds. The van der Waals surface area contributed by atoms with Crippen molar-refractivity contribution in [2.45, 2.75) is 45.0 Å². The average Bonchev–Trinajstić information content (AvgIpc) is 3.45. The number of carbonyl (C=O) groups is 1. The first-order valence-electron chi connectivity index (χ1n) is 14.7. The molecular weight excluding hydrogens is 564 g/mol. The molecule has 5 rings (SSSR count). The number of pyridine rings is 1. The van der Waals surface area contributed by atoms with E-state index in [1.54, 1.807) is 14.2 Å². The second kappa shape index (κ2) is 11.5. The number of likely N-dealkylation sites (N-methyl/N-ethyl adjacent to an activating group) is 1. The van der Waals surface area contributed by atoms with Crippen molar-refractivity contribution in [1.29, 1.82) is 0 Å². The Morgan fingerprint density at radius 2 is 1.84 bits per heavy atom. The highest BCUT2D eigenvalue weighted by atomic mass is 32.2. The summed E-state index contributed by atoms with van der Waals surface area (Å²) in [6.07, 6.45) is 0.592. The molecule has 232 valence electrons. The highest BCUT2D eigenvalue weighted by molar-refractivity contribution is 7.99. The second-order valence-corrected chi connectivity index (χ2v) is 15.5. The van der Waals surface area contributed by atoms with Crippen molar-refractivity contribution in [2.75, 3.05) is 58.9 Å². The molecule has 3 unspecified atom stereocenters. The van der Waals surface area contributed by atoms with Crippen molar-refractivity contribution >= 4 is 38.3 Å². The van der Waals surface area contributed by atoms with Crippen molar-refractivity contribution in [3.63, 3.8) is 0 Å². The summed E-state index contributed by atoms with van der Waals surface area (Å²) >= 11 is 0. The van der Waals surface area contributed by atoms with E-state index in [0.717, 1.165) is 59.7 Å². The Morgan fingerprint density at radius 1 is 1.14 bits per heavy atom. The summed E-state index contributed by atoms with van der Waals surface area (Å²) in [5, 5.41) is 1.07. The van der Waals surface area contributed by atoms with Gasteiger partial charge in [-0.2, -0.15) is 0 Å². The number of amides is 1. The van der Waals surface area contributed by atoms with E-state index in [9.17, 15) is 9.00 Å². The topological polar surface area (TPSA) is 84.4 Å². The molecule has 1 aromatic heterocycles. The summed E-state index contributed by atoms with van der Waals surface area (Å²) in [5.74, 6) is 5.57. The molecule has 10 heteroatoms. The monoisotopic (exact) mass is 608 g/mol. The number of hydrogen-bond donors (Lipinski definition) is 0. The van der Waals surface area contributed by atoms with Crippen molar-refractivity contribution in [3.8, 4) is 22.8 Å².